The molecule has 0 heterocycles. The minimum atomic E-state index is -1.24. The third-order valence-corrected chi connectivity index (χ3v) is 5.32. The second-order valence-electron chi connectivity index (χ2n) is 6.17. The summed E-state index contributed by atoms with van der Waals surface area (Å²) in [5, 5.41) is 1.55. The van der Waals surface area contributed by atoms with Crippen molar-refractivity contribution in [2.45, 2.75) is 39.3 Å². The molecule has 0 radical (unpaired) electrons. The normalized spacial score (nSPS) is 12.7. The summed E-state index contributed by atoms with van der Waals surface area (Å²) >= 11 is 0. The Kier molecular flexibility index (Phi) is 3.46. The van der Waals surface area contributed by atoms with Crippen LogP contribution < -0.4 is 10.2 Å². The van der Waals surface area contributed by atoms with Crippen LogP contribution in [-0.2, 0) is 0 Å². The molecule has 0 aliphatic heterocycles. The van der Waals surface area contributed by atoms with E-state index in [0.717, 1.165) is 0 Å². The van der Waals surface area contributed by atoms with Crippen LogP contribution in [-0.4, -0.2) is 16.3 Å². The van der Waals surface area contributed by atoms with E-state index in [2.05, 4.69) is 68.5 Å². The standard InChI is InChI=1S/C12H23NSi2/c1-14(2,3)12-10-8-7-9-11(12)13-15(4,5)6/h7-10,13H,1-6H3. The summed E-state index contributed by atoms with van der Waals surface area (Å²) in [6.07, 6.45) is 0. The molecule has 15 heavy (non-hydrogen) atoms. The number of rotatable bonds is 3. The Balaban J connectivity index is 3.08. The van der Waals surface area contributed by atoms with Gasteiger partial charge in [0.05, 0.1) is 8.07 Å². The van der Waals surface area contributed by atoms with E-state index in [1.165, 1.54) is 5.69 Å². The van der Waals surface area contributed by atoms with Crippen LogP contribution in [0.2, 0.25) is 39.3 Å². The molecule has 0 saturated heterocycles. The maximum atomic E-state index is 3.73. The van der Waals surface area contributed by atoms with Gasteiger partial charge in [-0.3, -0.25) is 0 Å². The van der Waals surface area contributed by atoms with Crippen molar-refractivity contribution in [3.8, 4) is 0 Å². The van der Waals surface area contributed by atoms with Gasteiger partial charge in [0, 0.05) is 5.69 Å². The second-order valence-corrected chi connectivity index (χ2v) is 16.0. The highest BCUT2D eigenvalue weighted by Crippen LogP contribution is 2.14. The van der Waals surface area contributed by atoms with Crippen LogP contribution in [0.25, 0.3) is 0 Å². The zero-order chi connectivity index (χ0) is 11.7. The smallest absolute Gasteiger partial charge is 0.144 e. The Hall–Kier alpha value is -0.546. The zero-order valence-corrected chi connectivity index (χ0v) is 12.8. The van der Waals surface area contributed by atoms with Crippen molar-refractivity contribution in [2.24, 2.45) is 0 Å². The lowest BCUT2D eigenvalue weighted by Gasteiger charge is -2.26. The molecule has 1 nitrogen and oxygen atoms in total. The second kappa shape index (κ2) is 4.14. The summed E-state index contributed by atoms with van der Waals surface area (Å²) in [6.45, 7) is 14.2. The van der Waals surface area contributed by atoms with Gasteiger partial charge in [-0.15, -0.1) is 0 Å². The van der Waals surface area contributed by atoms with Gasteiger partial charge >= 0.3 is 0 Å². The van der Waals surface area contributed by atoms with Crippen LogP contribution in [0.15, 0.2) is 24.3 Å². The van der Waals surface area contributed by atoms with E-state index in [-0.39, 0.29) is 0 Å². The number of nitrogens with one attached hydrogen (secondary N) is 1. The summed E-state index contributed by atoms with van der Waals surface area (Å²) in [5.74, 6) is 0. The van der Waals surface area contributed by atoms with Gasteiger partial charge in [-0.25, -0.2) is 0 Å². The van der Waals surface area contributed by atoms with Crippen molar-refractivity contribution in [3.63, 3.8) is 0 Å². The molecule has 1 aromatic rings. The molecule has 0 atom stereocenters. The van der Waals surface area contributed by atoms with Crippen LogP contribution in [0.3, 0.4) is 0 Å². The number of benzene rings is 1. The van der Waals surface area contributed by atoms with E-state index in [4.69, 9.17) is 0 Å². The Bertz CT molecular complexity index is 334. The van der Waals surface area contributed by atoms with Crippen molar-refractivity contribution < 1.29 is 0 Å². The van der Waals surface area contributed by atoms with Gasteiger partial charge in [0.25, 0.3) is 0 Å². The van der Waals surface area contributed by atoms with Gasteiger partial charge < -0.3 is 4.98 Å². The first kappa shape index (κ1) is 12.5. The molecule has 1 rings (SSSR count). The largest absolute Gasteiger partial charge is 0.411 e. The molecule has 0 saturated carbocycles. The molecule has 0 aliphatic rings. The molecule has 1 N–H and O–H groups in total. The van der Waals surface area contributed by atoms with E-state index in [0.29, 0.717) is 0 Å². The monoisotopic (exact) mass is 237 g/mol. The van der Waals surface area contributed by atoms with Crippen LogP contribution in [0, 0.1) is 0 Å². The average Bonchev–Trinajstić information content (AvgIpc) is 1.99. The first-order valence-corrected chi connectivity index (χ1v) is 12.6. The lowest BCUT2D eigenvalue weighted by molar-refractivity contribution is 1.58. The van der Waals surface area contributed by atoms with E-state index in [9.17, 15) is 0 Å². The predicted molar refractivity (Wildman–Crippen MR) is 76.4 cm³/mol. The fourth-order valence-electron chi connectivity index (χ4n) is 1.65. The lowest BCUT2D eigenvalue weighted by Crippen LogP contribution is -2.43. The quantitative estimate of drug-likeness (QED) is 0.794. The van der Waals surface area contributed by atoms with Crippen LogP contribution in [0.1, 0.15) is 0 Å². The summed E-state index contributed by atoms with van der Waals surface area (Å²) in [7, 11) is -2.45. The minimum Gasteiger partial charge on any atom is -0.411 e. The average molecular weight is 237 g/mol. The number of para-hydroxylation sites is 1. The molecule has 0 fully saturated rings. The zero-order valence-electron chi connectivity index (χ0n) is 10.8. The van der Waals surface area contributed by atoms with Crippen molar-refractivity contribution in [1.82, 2.24) is 0 Å². The third-order valence-electron chi connectivity index (χ3n) is 2.24. The highest BCUT2D eigenvalue weighted by atomic mass is 28.3. The fraction of sp³-hybridized carbons (Fsp3) is 0.500. The number of hydrogen-bond acceptors (Lipinski definition) is 1. The molecule has 0 unspecified atom stereocenters. The molecule has 0 spiro atoms. The van der Waals surface area contributed by atoms with Gasteiger partial charge in [-0.05, 0) is 11.3 Å². The van der Waals surface area contributed by atoms with Gasteiger partial charge in [0.1, 0.15) is 8.24 Å². The fourth-order valence-corrected chi connectivity index (χ4v) is 4.35. The van der Waals surface area contributed by atoms with Crippen molar-refractivity contribution in [3.05, 3.63) is 24.3 Å². The van der Waals surface area contributed by atoms with Crippen LogP contribution >= 0.6 is 0 Å². The Morgan fingerprint density at radius 2 is 1.40 bits per heavy atom. The van der Waals surface area contributed by atoms with E-state index < -0.39 is 16.3 Å². The highest BCUT2D eigenvalue weighted by Gasteiger charge is 2.22. The number of anilines is 1. The van der Waals surface area contributed by atoms with Gasteiger partial charge in [-0.1, -0.05) is 57.5 Å². The summed E-state index contributed by atoms with van der Waals surface area (Å²) in [5.41, 5.74) is 1.37. The summed E-state index contributed by atoms with van der Waals surface area (Å²) in [4.78, 5) is 3.73. The van der Waals surface area contributed by atoms with Crippen LogP contribution in [0.5, 0.6) is 0 Å². The maximum Gasteiger partial charge on any atom is 0.144 e. The van der Waals surface area contributed by atoms with Crippen molar-refractivity contribution in [1.29, 1.82) is 0 Å². The Morgan fingerprint density at radius 3 is 1.87 bits per heavy atom. The Labute approximate surface area is 96.0 Å². The highest BCUT2D eigenvalue weighted by molar-refractivity contribution is 6.90. The van der Waals surface area contributed by atoms with Gasteiger partial charge in [-0.2, -0.15) is 0 Å². The first-order valence-electron chi connectivity index (χ1n) is 5.58. The molecule has 0 bridgehead atoms. The Morgan fingerprint density at radius 1 is 0.867 bits per heavy atom. The molecule has 3 heteroatoms. The topological polar surface area (TPSA) is 12.0 Å². The summed E-state index contributed by atoms with van der Waals surface area (Å²) in [6, 6.07) is 8.80. The summed E-state index contributed by atoms with van der Waals surface area (Å²) < 4.78 is 0. The van der Waals surface area contributed by atoms with Gasteiger partial charge in [0.15, 0.2) is 0 Å². The molecule has 0 aliphatic carbocycles. The van der Waals surface area contributed by atoms with Crippen molar-refractivity contribution >= 4 is 27.2 Å². The minimum absolute atomic E-state index is 1.22. The lowest BCUT2D eigenvalue weighted by atomic mass is 10.3. The predicted octanol–water partition coefficient (Wildman–Crippen LogP) is 3.48. The molecule has 84 valence electrons. The SMILES string of the molecule is C[Si](C)(C)Nc1ccccc1[Si](C)(C)C. The van der Waals surface area contributed by atoms with Crippen LogP contribution in [0.4, 0.5) is 5.69 Å². The first-order chi connectivity index (χ1) is 6.70. The van der Waals surface area contributed by atoms with Crippen molar-refractivity contribution in [2.75, 3.05) is 4.98 Å². The molecular weight excluding hydrogens is 214 g/mol. The van der Waals surface area contributed by atoms with E-state index in [1.807, 2.05) is 0 Å². The molecule has 0 amide bonds. The maximum absolute atomic E-state index is 3.73. The van der Waals surface area contributed by atoms with E-state index in [1.54, 1.807) is 5.19 Å². The molecule has 1 aromatic carbocycles. The number of hydrogen-bond donors (Lipinski definition) is 1. The van der Waals surface area contributed by atoms with Gasteiger partial charge in [0.2, 0.25) is 0 Å². The molecule has 0 aromatic heterocycles. The third kappa shape index (κ3) is 3.83. The molecular formula is C12H23NSi2. The van der Waals surface area contributed by atoms with E-state index >= 15 is 0 Å².